The molecule has 0 spiro atoms. The van der Waals surface area contributed by atoms with Gasteiger partial charge in [0.25, 0.3) is 0 Å². The highest BCUT2D eigenvalue weighted by Gasteiger charge is 1.99. The number of benzene rings is 1. The molecular formula is C14H18S. The van der Waals surface area contributed by atoms with E-state index >= 15 is 0 Å². The quantitative estimate of drug-likeness (QED) is 0.544. The Balaban J connectivity index is 2.58. The average molecular weight is 218 g/mol. The lowest BCUT2D eigenvalue weighted by molar-refractivity contribution is 0.749. The van der Waals surface area contributed by atoms with Crippen molar-refractivity contribution in [1.82, 2.24) is 0 Å². The predicted molar refractivity (Wildman–Crippen MR) is 69.2 cm³/mol. The van der Waals surface area contributed by atoms with E-state index in [9.17, 15) is 0 Å². The lowest BCUT2D eigenvalue weighted by Crippen LogP contribution is -1.95. The first-order chi connectivity index (χ1) is 7.26. The first-order valence-corrected chi connectivity index (χ1v) is 6.38. The fourth-order valence-electron chi connectivity index (χ4n) is 1.54. The summed E-state index contributed by atoms with van der Waals surface area (Å²) in [6, 6.07) is 8.84. The van der Waals surface area contributed by atoms with Crippen molar-refractivity contribution in [1.29, 1.82) is 0 Å². The van der Waals surface area contributed by atoms with Gasteiger partial charge in [0.05, 0.1) is 0 Å². The molecule has 0 heterocycles. The third-order valence-electron chi connectivity index (χ3n) is 2.17. The van der Waals surface area contributed by atoms with Crippen molar-refractivity contribution in [2.75, 3.05) is 5.75 Å². The average Bonchev–Trinajstić information content (AvgIpc) is 2.22. The molecule has 0 radical (unpaired) electrons. The van der Waals surface area contributed by atoms with Crippen LogP contribution >= 0.6 is 11.8 Å². The topological polar surface area (TPSA) is 0 Å². The standard InChI is InChI=1S/C14H18S/c1-4-6-12(3)11-13-7-9-14(10-8-13)15-5-2/h7-10,12H,5,11H2,1-3H3. The summed E-state index contributed by atoms with van der Waals surface area (Å²) < 4.78 is 0. The molecule has 0 aliphatic heterocycles. The monoisotopic (exact) mass is 218 g/mol. The molecule has 15 heavy (non-hydrogen) atoms. The van der Waals surface area contributed by atoms with Crippen LogP contribution in [0.3, 0.4) is 0 Å². The first kappa shape index (κ1) is 12.2. The van der Waals surface area contributed by atoms with E-state index in [4.69, 9.17) is 0 Å². The molecule has 0 fully saturated rings. The summed E-state index contributed by atoms with van der Waals surface area (Å²) in [5, 5.41) is 0. The Hall–Kier alpha value is -0.870. The zero-order valence-electron chi connectivity index (χ0n) is 9.71. The number of thioether (sulfide) groups is 1. The van der Waals surface area contributed by atoms with Crippen LogP contribution in [0.2, 0.25) is 0 Å². The molecule has 0 amide bonds. The number of hydrogen-bond acceptors (Lipinski definition) is 1. The van der Waals surface area contributed by atoms with Crippen LogP contribution in [-0.4, -0.2) is 5.75 Å². The van der Waals surface area contributed by atoms with Crippen molar-refractivity contribution in [2.24, 2.45) is 5.92 Å². The van der Waals surface area contributed by atoms with E-state index in [0.29, 0.717) is 5.92 Å². The summed E-state index contributed by atoms with van der Waals surface area (Å²) in [4.78, 5) is 1.36. The van der Waals surface area contributed by atoms with Gasteiger partial charge in [-0.1, -0.05) is 26.0 Å². The Bertz CT molecular complexity index is 340. The summed E-state index contributed by atoms with van der Waals surface area (Å²) in [5.74, 6) is 7.74. The van der Waals surface area contributed by atoms with Gasteiger partial charge in [-0.25, -0.2) is 0 Å². The summed E-state index contributed by atoms with van der Waals surface area (Å²) in [6.07, 6.45) is 1.05. The van der Waals surface area contributed by atoms with Gasteiger partial charge in [-0.2, -0.15) is 0 Å². The maximum atomic E-state index is 3.18. The normalized spacial score (nSPS) is 11.7. The molecule has 1 aromatic carbocycles. The molecular weight excluding hydrogens is 200 g/mol. The van der Waals surface area contributed by atoms with Crippen LogP contribution in [0.5, 0.6) is 0 Å². The van der Waals surface area contributed by atoms with Gasteiger partial charge < -0.3 is 0 Å². The first-order valence-electron chi connectivity index (χ1n) is 5.40. The van der Waals surface area contributed by atoms with Gasteiger partial charge in [-0.3, -0.25) is 0 Å². The molecule has 1 aromatic rings. The molecule has 0 aliphatic carbocycles. The summed E-state index contributed by atoms with van der Waals surface area (Å²) in [5.41, 5.74) is 1.38. The van der Waals surface area contributed by atoms with Gasteiger partial charge >= 0.3 is 0 Å². The van der Waals surface area contributed by atoms with Crippen molar-refractivity contribution in [3.8, 4) is 11.8 Å². The maximum Gasteiger partial charge on any atom is 0.0214 e. The van der Waals surface area contributed by atoms with E-state index in [2.05, 4.69) is 50.0 Å². The minimum Gasteiger partial charge on any atom is -0.126 e. The smallest absolute Gasteiger partial charge is 0.0214 e. The van der Waals surface area contributed by atoms with E-state index in [0.717, 1.165) is 12.2 Å². The molecule has 0 bridgehead atoms. The van der Waals surface area contributed by atoms with Gasteiger partial charge in [-0.05, 0) is 36.8 Å². The predicted octanol–water partition coefficient (Wildman–Crippen LogP) is 4.00. The molecule has 1 rings (SSSR count). The number of hydrogen-bond donors (Lipinski definition) is 0. The van der Waals surface area contributed by atoms with Crippen LogP contribution in [0.1, 0.15) is 26.3 Å². The Labute approximate surface area is 97.5 Å². The maximum absolute atomic E-state index is 3.18. The molecule has 0 nitrogen and oxygen atoms in total. The van der Waals surface area contributed by atoms with Crippen molar-refractivity contribution >= 4 is 11.8 Å². The molecule has 0 saturated carbocycles. The van der Waals surface area contributed by atoms with Crippen molar-refractivity contribution in [3.05, 3.63) is 29.8 Å². The Morgan fingerprint density at radius 1 is 1.27 bits per heavy atom. The lowest BCUT2D eigenvalue weighted by Gasteiger charge is -2.05. The van der Waals surface area contributed by atoms with Crippen LogP contribution in [-0.2, 0) is 6.42 Å². The van der Waals surface area contributed by atoms with Crippen LogP contribution in [0.15, 0.2) is 29.2 Å². The van der Waals surface area contributed by atoms with Crippen LogP contribution in [0.4, 0.5) is 0 Å². The van der Waals surface area contributed by atoms with Crippen LogP contribution in [0, 0.1) is 17.8 Å². The fourth-order valence-corrected chi connectivity index (χ4v) is 2.20. The zero-order chi connectivity index (χ0) is 11.1. The molecule has 0 N–H and O–H groups in total. The van der Waals surface area contributed by atoms with Gasteiger partial charge in [0.15, 0.2) is 0 Å². The third kappa shape index (κ3) is 4.44. The minimum atomic E-state index is 0.458. The Morgan fingerprint density at radius 3 is 2.47 bits per heavy atom. The van der Waals surface area contributed by atoms with Gasteiger partial charge in [0.1, 0.15) is 0 Å². The molecule has 1 heteroatoms. The van der Waals surface area contributed by atoms with E-state index in [1.54, 1.807) is 0 Å². The minimum absolute atomic E-state index is 0.458. The third-order valence-corrected chi connectivity index (χ3v) is 3.06. The Morgan fingerprint density at radius 2 is 1.93 bits per heavy atom. The SMILES string of the molecule is CC#CC(C)Cc1ccc(SCC)cc1. The van der Waals surface area contributed by atoms with E-state index in [-0.39, 0.29) is 0 Å². The van der Waals surface area contributed by atoms with E-state index < -0.39 is 0 Å². The van der Waals surface area contributed by atoms with E-state index in [1.807, 2.05) is 18.7 Å². The highest BCUT2D eigenvalue weighted by Crippen LogP contribution is 2.18. The van der Waals surface area contributed by atoms with Gasteiger partial charge in [-0.15, -0.1) is 23.6 Å². The second-order valence-electron chi connectivity index (χ2n) is 3.58. The lowest BCUT2D eigenvalue weighted by atomic mass is 10.0. The van der Waals surface area contributed by atoms with Gasteiger partial charge in [0, 0.05) is 10.8 Å². The molecule has 1 atom stereocenters. The molecule has 0 aromatic heterocycles. The summed E-state index contributed by atoms with van der Waals surface area (Å²) >= 11 is 1.89. The molecule has 80 valence electrons. The summed E-state index contributed by atoms with van der Waals surface area (Å²) in [7, 11) is 0. The van der Waals surface area contributed by atoms with Crippen molar-refractivity contribution < 1.29 is 0 Å². The molecule has 1 unspecified atom stereocenters. The fraction of sp³-hybridized carbons (Fsp3) is 0.429. The van der Waals surface area contributed by atoms with Crippen LogP contribution < -0.4 is 0 Å². The molecule has 0 aliphatic rings. The number of rotatable bonds is 4. The zero-order valence-corrected chi connectivity index (χ0v) is 10.5. The highest BCUT2D eigenvalue weighted by molar-refractivity contribution is 7.99. The summed E-state index contributed by atoms with van der Waals surface area (Å²) in [6.45, 7) is 6.25. The van der Waals surface area contributed by atoms with Crippen molar-refractivity contribution in [2.45, 2.75) is 32.1 Å². The van der Waals surface area contributed by atoms with Crippen LogP contribution in [0.25, 0.3) is 0 Å². The largest absolute Gasteiger partial charge is 0.126 e. The van der Waals surface area contributed by atoms with E-state index in [1.165, 1.54) is 10.5 Å². The second-order valence-corrected chi connectivity index (χ2v) is 4.91. The Kier molecular flexibility index (Phi) is 5.36. The highest BCUT2D eigenvalue weighted by atomic mass is 32.2. The van der Waals surface area contributed by atoms with Crippen molar-refractivity contribution in [3.63, 3.8) is 0 Å². The second kappa shape index (κ2) is 6.58. The van der Waals surface area contributed by atoms with Gasteiger partial charge in [0.2, 0.25) is 0 Å². The molecule has 0 saturated heterocycles.